The molecule has 0 aliphatic heterocycles. The zero-order chi connectivity index (χ0) is 18.4. The van der Waals surface area contributed by atoms with E-state index in [1.807, 2.05) is 30.3 Å². The normalized spacial score (nSPS) is 18.1. The van der Waals surface area contributed by atoms with Crippen LogP contribution in [0.5, 0.6) is 0 Å². The summed E-state index contributed by atoms with van der Waals surface area (Å²) in [7, 11) is 0. The number of amides is 1. The van der Waals surface area contributed by atoms with Gasteiger partial charge in [-0.1, -0.05) is 23.4 Å². The van der Waals surface area contributed by atoms with Gasteiger partial charge in [0.05, 0.1) is 5.69 Å². The topological polar surface area (TPSA) is 98.7 Å². The van der Waals surface area contributed by atoms with Gasteiger partial charge >= 0.3 is 0 Å². The van der Waals surface area contributed by atoms with E-state index in [9.17, 15) is 4.79 Å². The molecular weight excluding hydrogens is 344 g/mol. The van der Waals surface area contributed by atoms with Crippen LogP contribution < -0.4 is 5.32 Å². The van der Waals surface area contributed by atoms with E-state index < -0.39 is 5.54 Å². The number of aromatic nitrogens is 5. The molecule has 3 aromatic rings. The van der Waals surface area contributed by atoms with Crippen LogP contribution in [0.1, 0.15) is 66.2 Å². The highest BCUT2D eigenvalue weighted by atomic mass is 16.5. The molecule has 2 aromatic heterocycles. The number of aryl methyl sites for hydroxylation is 1. The van der Waals surface area contributed by atoms with Crippen LogP contribution in [0.2, 0.25) is 0 Å². The molecule has 8 heteroatoms. The molecule has 2 saturated carbocycles. The van der Waals surface area contributed by atoms with Crippen molar-refractivity contribution in [3.63, 3.8) is 0 Å². The van der Waals surface area contributed by atoms with Crippen LogP contribution in [-0.2, 0) is 5.54 Å². The molecule has 0 atom stereocenters. The summed E-state index contributed by atoms with van der Waals surface area (Å²) in [4.78, 5) is 21.8. The third-order valence-electron chi connectivity index (χ3n) is 5.29. The lowest BCUT2D eigenvalue weighted by Crippen LogP contribution is -2.51. The van der Waals surface area contributed by atoms with E-state index in [1.54, 1.807) is 11.6 Å². The lowest BCUT2D eigenvalue weighted by atomic mass is 9.76. The maximum atomic E-state index is 12.9. The Morgan fingerprint density at radius 3 is 2.59 bits per heavy atom. The van der Waals surface area contributed by atoms with E-state index >= 15 is 0 Å². The summed E-state index contributed by atoms with van der Waals surface area (Å²) in [6, 6.07) is 9.80. The Bertz CT molecular complexity index is 985. The van der Waals surface area contributed by atoms with Crippen LogP contribution in [-0.4, -0.2) is 30.8 Å². The maximum Gasteiger partial charge on any atom is 0.291 e. The van der Waals surface area contributed by atoms with E-state index in [0.717, 1.165) is 43.6 Å². The Balaban J connectivity index is 1.45. The van der Waals surface area contributed by atoms with Gasteiger partial charge in [0.25, 0.3) is 5.91 Å². The molecule has 1 aromatic carbocycles. The molecule has 2 aliphatic rings. The van der Waals surface area contributed by atoms with E-state index in [4.69, 9.17) is 4.52 Å². The molecule has 138 valence electrons. The zero-order valence-corrected chi connectivity index (χ0v) is 15.1. The molecule has 0 unspecified atom stereocenters. The molecule has 0 saturated heterocycles. The van der Waals surface area contributed by atoms with Gasteiger partial charge < -0.3 is 9.84 Å². The van der Waals surface area contributed by atoms with Gasteiger partial charge in [-0.25, -0.2) is 9.67 Å². The van der Waals surface area contributed by atoms with Gasteiger partial charge in [0.15, 0.2) is 5.82 Å². The Kier molecular flexibility index (Phi) is 3.60. The summed E-state index contributed by atoms with van der Waals surface area (Å²) in [5, 5.41) is 11.6. The fourth-order valence-electron chi connectivity index (χ4n) is 3.49. The molecule has 8 nitrogen and oxygen atoms in total. The third-order valence-corrected chi connectivity index (χ3v) is 5.29. The summed E-state index contributed by atoms with van der Waals surface area (Å²) in [5.41, 5.74) is 0.338. The quantitative estimate of drug-likeness (QED) is 0.747. The Morgan fingerprint density at radius 1 is 1.22 bits per heavy atom. The molecule has 2 aliphatic carbocycles. The number of hydrogen-bond donors (Lipinski definition) is 1. The number of rotatable bonds is 5. The minimum atomic E-state index is -0.577. The van der Waals surface area contributed by atoms with Crippen LogP contribution in [0, 0.1) is 6.92 Å². The van der Waals surface area contributed by atoms with Crippen LogP contribution in [0.25, 0.3) is 5.69 Å². The number of hydrogen-bond acceptors (Lipinski definition) is 6. The lowest BCUT2D eigenvalue weighted by molar-refractivity contribution is 0.0794. The van der Waals surface area contributed by atoms with Gasteiger partial charge in [-0.2, -0.15) is 4.98 Å². The fraction of sp³-hybridized carbons (Fsp3) is 0.421. The summed E-state index contributed by atoms with van der Waals surface area (Å²) < 4.78 is 6.90. The van der Waals surface area contributed by atoms with Crippen molar-refractivity contribution in [2.75, 3.05) is 0 Å². The van der Waals surface area contributed by atoms with Crippen molar-refractivity contribution in [3.8, 4) is 5.69 Å². The predicted octanol–water partition coefficient (Wildman–Crippen LogP) is 2.65. The summed E-state index contributed by atoms with van der Waals surface area (Å²) >= 11 is 0. The second-order valence-corrected chi connectivity index (χ2v) is 7.34. The largest absolute Gasteiger partial charge is 0.340 e. The molecule has 1 N–H and O–H groups in total. The third kappa shape index (κ3) is 2.81. The van der Waals surface area contributed by atoms with Gasteiger partial charge in [-0.3, -0.25) is 4.79 Å². The summed E-state index contributed by atoms with van der Waals surface area (Å²) in [6.07, 6.45) is 4.74. The number of carbonyl (C=O) groups excluding carboxylic acids is 1. The first-order valence-corrected chi connectivity index (χ1v) is 9.30. The maximum absolute atomic E-state index is 12.9. The van der Waals surface area contributed by atoms with Crippen molar-refractivity contribution in [1.82, 2.24) is 30.2 Å². The molecule has 2 fully saturated rings. The first-order valence-electron chi connectivity index (χ1n) is 9.30. The minimum Gasteiger partial charge on any atom is -0.340 e. The Labute approximate surface area is 156 Å². The van der Waals surface area contributed by atoms with Gasteiger partial charge in [0.1, 0.15) is 11.4 Å². The average Bonchev–Trinajstić information content (AvgIpc) is 3.24. The highest BCUT2D eigenvalue weighted by Gasteiger charge is 2.45. The predicted molar refractivity (Wildman–Crippen MR) is 95.4 cm³/mol. The molecular formula is C19H20N6O2. The SMILES string of the molecule is Cc1nc(C2(NC(=O)c3nc(C4CC4)n(-c4ccccc4)n3)CCC2)no1. The summed E-state index contributed by atoms with van der Waals surface area (Å²) in [6.45, 7) is 1.75. The molecule has 27 heavy (non-hydrogen) atoms. The zero-order valence-electron chi connectivity index (χ0n) is 15.1. The fourth-order valence-corrected chi connectivity index (χ4v) is 3.49. The van der Waals surface area contributed by atoms with Crippen LogP contribution in [0.4, 0.5) is 0 Å². The highest BCUT2D eigenvalue weighted by molar-refractivity contribution is 5.91. The second-order valence-electron chi connectivity index (χ2n) is 7.34. The van der Waals surface area contributed by atoms with Crippen molar-refractivity contribution in [2.24, 2.45) is 0 Å². The number of benzene rings is 1. The molecule has 0 spiro atoms. The lowest BCUT2D eigenvalue weighted by Gasteiger charge is -2.39. The van der Waals surface area contributed by atoms with Crippen molar-refractivity contribution < 1.29 is 9.32 Å². The summed E-state index contributed by atoms with van der Waals surface area (Å²) in [5.74, 6) is 2.14. The monoisotopic (exact) mass is 364 g/mol. The van der Waals surface area contributed by atoms with Gasteiger partial charge in [0.2, 0.25) is 11.7 Å². The molecule has 0 bridgehead atoms. The number of nitrogens with zero attached hydrogens (tertiary/aromatic N) is 5. The average molecular weight is 364 g/mol. The number of nitrogens with one attached hydrogen (secondary N) is 1. The smallest absolute Gasteiger partial charge is 0.291 e. The van der Waals surface area contributed by atoms with Crippen LogP contribution in [0.3, 0.4) is 0 Å². The highest BCUT2D eigenvalue weighted by Crippen LogP contribution is 2.41. The Hall–Kier alpha value is -3.03. The second kappa shape index (κ2) is 6.00. The van der Waals surface area contributed by atoms with E-state index in [-0.39, 0.29) is 11.7 Å². The Morgan fingerprint density at radius 2 is 2.00 bits per heavy atom. The minimum absolute atomic E-state index is 0.187. The molecule has 5 rings (SSSR count). The standard InChI is InChI=1S/C19H20N6O2/c1-12-20-18(24-27-12)19(10-5-11-19)22-17(26)15-21-16(13-8-9-13)25(23-15)14-6-3-2-4-7-14/h2-4,6-7,13H,5,8-11H2,1H3,(H,22,26). The molecule has 2 heterocycles. The van der Waals surface area contributed by atoms with E-state index in [2.05, 4.69) is 25.5 Å². The van der Waals surface area contributed by atoms with Gasteiger partial charge in [-0.05, 0) is 44.2 Å². The van der Waals surface area contributed by atoms with Crippen LogP contribution >= 0.6 is 0 Å². The van der Waals surface area contributed by atoms with E-state index in [0.29, 0.717) is 17.6 Å². The van der Waals surface area contributed by atoms with Gasteiger partial charge in [-0.15, -0.1) is 5.10 Å². The molecule has 0 radical (unpaired) electrons. The van der Waals surface area contributed by atoms with E-state index in [1.165, 1.54) is 0 Å². The van der Waals surface area contributed by atoms with Crippen molar-refractivity contribution >= 4 is 5.91 Å². The van der Waals surface area contributed by atoms with Crippen molar-refractivity contribution in [1.29, 1.82) is 0 Å². The first-order chi connectivity index (χ1) is 13.1. The van der Waals surface area contributed by atoms with Crippen molar-refractivity contribution in [3.05, 3.63) is 53.7 Å². The van der Waals surface area contributed by atoms with Crippen LogP contribution in [0.15, 0.2) is 34.9 Å². The molecule has 1 amide bonds. The first kappa shape index (κ1) is 16.2. The van der Waals surface area contributed by atoms with Crippen molar-refractivity contribution in [2.45, 2.75) is 50.5 Å². The number of carbonyl (C=O) groups is 1. The number of para-hydroxylation sites is 1. The van der Waals surface area contributed by atoms with Gasteiger partial charge in [0, 0.05) is 12.8 Å².